The number of aromatic nitrogens is 2. The number of nitrogens with zero attached hydrogens (tertiary/aromatic N) is 1. The summed E-state index contributed by atoms with van der Waals surface area (Å²) in [5, 5.41) is 28.3. The Morgan fingerprint density at radius 3 is 2.53 bits per heavy atom. The van der Waals surface area contributed by atoms with Crippen molar-refractivity contribution in [3.05, 3.63) is 31.6 Å². The van der Waals surface area contributed by atoms with Crippen molar-refractivity contribution in [3.8, 4) is 0 Å². The minimum atomic E-state index is -1.42. The standard InChI is InChI=1S/C10H13ClN2O6/c1-13-8(11)4(9(17)12-10(13)18)7-6(16)5(15)3(2-14)19-7/h3,5-7,14-16H,2H2,1H3,(H,12,17,18)/t3-,5?,6?,7+/m1/s1. The van der Waals surface area contributed by atoms with Crippen LogP contribution in [0.5, 0.6) is 0 Å². The van der Waals surface area contributed by atoms with Gasteiger partial charge in [-0.25, -0.2) is 4.79 Å². The van der Waals surface area contributed by atoms with Gasteiger partial charge in [0.1, 0.15) is 29.6 Å². The predicted octanol–water partition coefficient (Wildman–Crippen LogP) is -2.12. The smallest absolute Gasteiger partial charge is 0.329 e. The van der Waals surface area contributed by atoms with Crippen LogP contribution >= 0.6 is 11.6 Å². The first-order valence-electron chi connectivity index (χ1n) is 5.49. The van der Waals surface area contributed by atoms with E-state index in [2.05, 4.69) is 0 Å². The van der Waals surface area contributed by atoms with E-state index in [1.54, 1.807) is 0 Å². The van der Waals surface area contributed by atoms with Gasteiger partial charge in [-0.1, -0.05) is 11.6 Å². The summed E-state index contributed by atoms with van der Waals surface area (Å²) in [6.45, 7) is -0.518. The van der Waals surface area contributed by atoms with Crippen molar-refractivity contribution < 1.29 is 20.1 Å². The number of nitrogens with one attached hydrogen (secondary N) is 1. The minimum absolute atomic E-state index is 0.161. The second-order valence-electron chi connectivity index (χ2n) is 4.28. The van der Waals surface area contributed by atoms with E-state index in [1.807, 2.05) is 4.98 Å². The van der Waals surface area contributed by atoms with Crippen LogP contribution in [0.15, 0.2) is 9.59 Å². The van der Waals surface area contributed by atoms with Crippen LogP contribution in [0.1, 0.15) is 11.7 Å². The maximum atomic E-state index is 11.8. The van der Waals surface area contributed by atoms with Crippen LogP contribution in [0.3, 0.4) is 0 Å². The third-order valence-electron chi connectivity index (χ3n) is 3.11. The molecule has 1 aliphatic heterocycles. The van der Waals surface area contributed by atoms with Gasteiger partial charge < -0.3 is 20.1 Å². The topological polar surface area (TPSA) is 125 Å². The molecule has 1 fully saturated rings. The van der Waals surface area contributed by atoms with E-state index in [0.29, 0.717) is 0 Å². The Balaban J connectivity index is 2.52. The molecule has 4 atom stereocenters. The summed E-state index contributed by atoms with van der Waals surface area (Å²) in [6.07, 6.45) is -5.00. The second kappa shape index (κ2) is 5.06. The van der Waals surface area contributed by atoms with Gasteiger partial charge in [-0.05, 0) is 0 Å². The zero-order valence-corrected chi connectivity index (χ0v) is 10.7. The number of hydrogen-bond donors (Lipinski definition) is 4. The monoisotopic (exact) mass is 292 g/mol. The molecule has 0 bridgehead atoms. The number of aromatic amines is 1. The lowest BCUT2D eigenvalue weighted by molar-refractivity contribution is -0.0233. The van der Waals surface area contributed by atoms with Crippen molar-refractivity contribution in [2.24, 2.45) is 7.05 Å². The average Bonchev–Trinajstić information content (AvgIpc) is 2.64. The lowest BCUT2D eigenvalue weighted by Gasteiger charge is -2.16. The highest BCUT2D eigenvalue weighted by molar-refractivity contribution is 6.30. The number of rotatable bonds is 2. The first kappa shape index (κ1) is 14.2. The Hall–Kier alpha value is -1.19. The normalized spacial score (nSPS) is 30.8. The third kappa shape index (κ3) is 2.21. The lowest BCUT2D eigenvalue weighted by atomic mass is 10.0. The molecule has 9 heteroatoms. The summed E-state index contributed by atoms with van der Waals surface area (Å²) in [5.41, 5.74) is -1.67. The van der Waals surface area contributed by atoms with Gasteiger partial charge in [-0.3, -0.25) is 14.3 Å². The van der Waals surface area contributed by atoms with Crippen molar-refractivity contribution in [1.82, 2.24) is 9.55 Å². The number of aliphatic hydroxyl groups is 3. The zero-order valence-electron chi connectivity index (χ0n) is 9.91. The van der Waals surface area contributed by atoms with Gasteiger partial charge >= 0.3 is 5.69 Å². The summed E-state index contributed by atoms with van der Waals surface area (Å²) < 4.78 is 6.19. The fourth-order valence-corrected chi connectivity index (χ4v) is 2.27. The van der Waals surface area contributed by atoms with E-state index >= 15 is 0 Å². The molecule has 0 saturated carbocycles. The van der Waals surface area contributed by atoms with E-state index in [4.69, 9.17) is 21.4 Å². The number of hydrogen-bond acceptors (Lipinski definition) is 6. The SMILES string of the molecule is Cn1c(Cl)c([C@@H]2O[C@H](CO)C(O)C2O)c(=O)[nH]c1=O. The predicted molar refractivity (Wildman–Crippen MR) is 64.0 cm³/mol. The molecule has 2 unspecified atom stereocenters. The Morgan fingerprint density at radius 1 is 1.37 bits per heavy atom. The van der Waals surface area contributed by atoms with Crippen LogP contribution in [-0.4, -0.2) is 49.8 Å². The van der Waals surface area contributed by atoms with Crippen LogP contribution in [-0.2, 0) is 11.8 Å². The number of ether oxygens (including phenoxy) is 1. The first-order chi connectivity index (χ1) is 8.88. The van der Waals surface area contributed by atoms with Crippen LogP contribution in [0.4, 0.5) is 0 Å². The highest BCUT2D eigenvalue weighted by Crippen LogP contribution is 2.34. The Bertz CT molecular complexity index is 597. The van der Waals surface area contributed by atoms with Crippen LogP contribution in [0.2, 0.25) is 5.15 Å². The van der Waals surface area contributed by atoms with Crippen molar-refractivity contribution in [2.75, 3.05) is 6.61 Å². The zero-order chi connectivity index (χ0) is 14.3. The van der Waals surface area contributed by atoms with Gasteiger partial charge in [-0.2, -0.15) is 0 Å². The average molecular weight is 293 g/mol. The van der Waals surface area contributed by atoms with E-state index in [0.717, 1.165) is 4.57 Å². The molecule has 4 N–H and O–H groups in total. The van der Waals surface area contributed by atoms with Crippen molar-refractivity contribution in [2.45, 2.75) is 24.4 Å². The van der Waals surface area contributed by atoms with Gasteiger partial charge in [0.05, 0.1) is 12.2 Å². The minimum Gasteiger partial charge on any atom is -0.394 e. The molecule has 0 radical (unpaired) electrons. The summed E-state index contributed by atoms with van der Waals surface area (Å²) in [6, 6.07) is 0. The molecule has 0 aliphatic carbocycles. The van der Waals surface area contributed by atoms with E-state index in [-0.39, 0.29) is 10.7 Å². The van der Waals surface area contributed by atoms with Crippen molar-refractivity contribution in [3.63, 3.8) is 0 Å². The molecule has 2 rings (SSSR count). The van der Waals surface area contributed by atoms with Crippen LogP contribution in [0, 0.1) is 0 Å². The number of H-pyrrole nitrogens is 1. The molecule has 8 nitrogen and oxygen atoms in total. The maximum absolute atomic E-state index is 11.8. The first-order valence-corrected chi connectivity index (χ1v) is 5.87. The van der Waals surface area contributed by atoms with Crippen LogP contribution in [0.25, 0.3) is 0 Å². The Labute approximate surface area is 111 Å². The molecule has 1 saturated heterocycles. The Morgan fingerprint density at radius 2 is 2.00 bits per heavy atom. The fourth-order valence-electron chi connectivity index (χ4n) is 2.00. The number of halogens is 1. The third-order valence-corrected chi connectivity index (χ3v) is 3.57. The van der Waals surface area contributed by atoms with E-state index in [9.17, 15) is 19.8 Å². The Kier molecular flexibility index (Phi) is 3.79. The van der Waals surface area contributed by atoms with Gasteiger partial charge in [0, 0.05) is 7.05 Å². The molecule has 0 spiro atoms. The highest BCUT2D eigenvalue weighted by Gasteiger charge is 2.45. The largest absolute Gasteiger partial charge is 0.394 e. The van der Waals surface area contributed by atoms with E-state index < -0.39 is 42.3 Å². The quantitative estimate of drug-likeness (QED) is 0.462. The summed E-state index contributed by atoms with van der Waals surface area (Å²) in [7, 11) is 1.34. The van der Waals surface area contributed by atoms with Crippen molar-refractivity contribution >= 4 is 11.6 Å². The second-order valence-corrected chi connectivity index (χ2v) is 4.64. The van der Waals surface area contributed by atoms with E-state index in [1.165, 1.54) is 7.05 Å². The molecular weight excluding hydrogens is 280 g/mol. The molecule has 0 amide bonds. The highest BCUT2D eigenvalue weighted by atomic mass is 35.5. The van der Waals surface area contributed by atoms with Gasteiger partial charge in [-0.15, -0.1) is 0 Å². The molecule has 2 heterocycles. The lowest BCUT2D eigenvalue weighted by Crippen LogP contribution is -2.36. The maximum Gasteiger partial charge on any atom is 0.329 e. The van der Waals surface area contributed by atoms with Gasteiger partial charge in [0.15, 0.2) is 0 Å². The molecule has 1 aromatic heterocycles. The molecule has 1 aliphatic rings. The van der Waals surface area contributed by atoms with Crippen molar-refractivity contribution in [1.29, 1.82) is 0 Å². The summed E-state index contributed by atoms with van der Waals surface area (Å²) in [5.74, 6) is 0. The molecular formula is C10H13ClN2O6. The summed E-state index contributed by atoms with van der Waals surface area (Å²) >= 11 is 5.90. The molecule has 0 aromatic carbocycles. The van der Waals surface area contributed by atoms with Crippen LogP contribution < -0.4 is 11.2 Å². The molecule has 1 aromatic rings. The fraction of sp³-hybridized carbons (Fsp3) is 0.600. The van der Waals surface area contributed by atoms with Gasteiger partial charge in [0.2, 0.25) is 0 Å². The van der Waals surface area contributed by atoms with Gasteiger partial charge in [0.25, 0.3) is 5.56 Å². The molecule has 106 valence electrons. The number of aliphatic hydroxyl groups excluding tert-OH is 3. The molecule has 19 heavy (non-hydrogen) atoms. The summed E-state index contributed by atoms with van der Waals surface area (Å²) in [4.78, 5) is 25.1.